The molecule has 4 rings (SSSR count). The van der Waals surface area contributed by atoms with E-state index in [4.69, 9.17) is 4.98 Å². The molecule has 1 aliphatic carbocycles. The molecule has 1 amide bonds. The topological polar surface area (TPSA) is 65.8 Å². The van der Waals surface area contributed by atoms with Gasteiger partial charge in [0.05, 0.1) is 26.9 Å². The van der Waals surface area contributed by atoms with Gasteiger partial charge in [0, 0.05) is 29.9 Å². The largest absolute Gasteiger partial charge is 0.355 e. The summed E-state index contributed by atoms with van der Waals surface area (Å²) in [5.41, 5.74) is 2.82. The summed E-state index contributed by atoms with van der Waals surface area (Å²) >= 11 is 3.48. The third kappa shape index (κ3) is 4.85. The fourth-order valence-electron chi connectivity index (χ4n) is 4.10. The molecule has 1 aromatic heterocycles. The molecule has 1 aliphatic rings. The highest BCUT2D eigenvalue weighted by Crippen LogP contribution is 2.40. The van der Waals surface area contributed by atoms with Crippen molar-refractivity contribution in [2.24, 2.45) is 5.92 Å². The Bertz CT molecular complexity index is 1020. The van der Waals surface area contributed by atoms with Crippen LogP contribution in [0.1, 0.15) is 47.7 Å². The zero-order chi connectivity index (χ0) is 20.8. The Hall–Kier alpha value is -2.36. The second-order valence-electron chi connectivity index (χ2n) is 7.63. The average Bonchev–Trinajstić information content (AvgIpc) is 3.23. The minimum atomic E-state index is 0.0172. The molecular formula is C24H25N3OS2. The van der Waals surface area contributed by atoms with E-state index in [0.29, 0.717) is 6.54 Å². The number of nitrogens with one attached hydrogen (secondary N) is 1. The van der Waals surface area contributed by atoms with Crippen molar-refractivity contribution in [1.29, 1.82) is 5.26 Å². The summed E-state index contributed by atoms with van der Waals surface area (Å²) in [7, 11) is 0. The number of nitriles is 1. The number of thioether (sulfide) groups is 1. The van der Waals surface area contributed by atoms with Crippen LogP contribution in [-0.4, -0.2) is 23.2 Å². The summed E-state index contributed by atoms with van der Waals surface area (Å²) in [5.74, 6) is 2.04. The Balaban J connectivity index is 1.31. The minimum Gasteiger partial charge on any atom is -0.355 e. The Morgan fingerprint density at radius 1 is 1.17 bits per heavy atom. The molecule has 2 unspecified atom stereocenters. The highest BCUT2D eigenvalue weighted by atomic mass is 32.2. The van der Waals surface area contributed by atoms with Crippen molar-refractivity contribution < 1.29 is 4.79 Å². The lowest BCUT2D eigenvalue weighted by molar-refractivity contribution is -0.126. The van der Waals surface area contributed by atoms with E-state index in [9.17, 15) is 10.1 Å². The monoisotopic (exact) mass is 435 g/mol. The number of para-hydroxylation sites is 1. The molecule has 3 aromatic rings. The fourth-order valence-corrected chi connectivity index (χ4v) is 6.13. The maximum Gasteiger partial charge on any atom is 0.223 e. The predicted molar refractivity (Wildman–Crippen MR) is 125 cm³/mol. The Morgan fingerprint density at radius 3 is 2.83 bits per heavy atom. The van der Waals surface area contributed by atoms with Gasteiger partial charge in [-0.05, 0) is 36.6 Å². The molecule has 0 bridgehead atoms. The lowest BCUT2D eigenvalue weighted by Gasteiger charge is -2.29. The fraction of sp³-hybridized carbons (Fsp3) is 0.375. The van der Waals surface area contributed by atoms with Crippen LogP contribution in [0.2, 0.25) is 0 Å². The number of thiazole rings is 1. The van der Waals surface area contributed by atoms with E-state index in [0.717, 1.165) is 52.4 Å². The van der Waals surface area contributed by atoms with Crippen molar-refractivity contribution in [2.75, 3.05) is 12.3 Å². The molecule has 0 spiro atoms. The van der Waals surface area contributed by atoms with Crippen LogP contribution < -0.4 is 5.32 Å². The third-order valence-corrected chi connectivity index (χ3v) is 7.85. The maximum atomic E-state index is 12.9. The van der Waals surface area contributed by atoms with Crippen molar-refractivity contribution in [1.82, 2.24) is 10.3 Å². The van der Waals surface area contributed by atoms with Crippen LogP contribution >= 0.6 is 23.1 Å². The number of fused-ring (bicyclic) bond motifs is 1. The first-order valence-corrected chi connectivity index (χ1v) is 12.4. The predicted octanol–water partition coefficient (Wildman–Crippen LogP) is 5.49. The van der Waals surface area contributed by atoms with Gasteiger partial charge >= 0.3 is 0 Å². The van der Waals surface area contributed by atoms with Crippen molar-refractivity contribution in [3.63, 3.8) is 0 Å². The van der Waals surface area contributed by atoms with Gasteiger partial charge in [-0.1, -0.05) is 43.2 Å². The van der Waals surface area contributed by atoms with Gasteiger partial charge in [-0.15, -0.1) is 11.3 Å². The Labute approximate surface area is 185 Å². The first-order valence-electron chi connectivity index (χ1n) is 10.4. The first kappa shape index (κ1) is 20.9. The number of carbonyl (C=O) groups is 1. The van der Waals surface area contributed by atoms with E-state index in [2.05, 4.69) is 23.5 Å². The third-order valence-electron chi connectivity index (χ3n) is 5.67. The summed E-state index contributed by atoms with van der Waals surface area (Å²) < 4.78 is 1.20. The molecule has 0 saturated heterocycles. The molecule has 2 atom stereocenters. The molecule has 4 nitrogen and oxygen atoms in total. The molecule has 1 fully saturated rings. The van der Waals surface area contributed by atoms with Crippen molar-refractivity contribution in [3.05, 3.63) is 64.7 Å². The Morgan fingerprint density at radius 2 is 1.97 bits per heavy atom. The number of rotatable bonds is 7. The summed E-state index contributed by atoms with van der Waals surface area (Å²) in [4.78, 5) is 17.8. The molecule has 1 saturated carbocycles. The quantitative estimate of drug-likeness (QED) is 0.498. The molecule has 1 N–H and O–H groups in total. The molecule has 1 heterocycles. The van der Waals surface area contributed by atoms with Gasteiger partial charge in [-0.3, -0.25) is 4.79 Å². The zero-order valence-corrected chi connectivity index (χ0v) is 18.5. The van der Waals surface area contributed by atoms with E-state index >= 15 is 0 Å². The summed E-state index contributed by atoms with van der Waals surface area (Å²) in [6.07, 6.45) is 4.25. The lowest BCUT2D eigenvalue weighted by Crippen LogP contribution is -2.37. The number of aromatic nitrogens is 1. The number of nitrogens with zero attached hydrogens (tertiary/aromatic N) is 2. The maximum absolute atomic E-state index is 12.9. The van der Waals surface area contributed by atoms with Crippen LogP contribution in [0.4, 0.5) is 0 Å². The van der Waals surface area contributed by atoms with E-state index in [1.165, 1.54) is 11.1 Å². The van der Waals surface area contributed by atoms with Gasteiger partial charge in [0.2, 0.25) is 5.91 Å². The van der Waals surface area contributed by atoms with Crippen LogP contribution in [0.25, 0.3) is 10.2 Å². The average molecular weight is 436 g/mol. The molecule has 6 heteroatoms. The van der Waals surface area contributed by atoms with Crippen molar-refractivity contribution in [3.8, 4) is 6.07 Å². The van der Waals surface area contributed by atoms with Crippen LogP contribution in [0.3, 0.4) is 0 Å². The zero-order valence-electron chi connectivity index (χ0n) is 16.8. The number of benzene rings is 2. The number of amides is 1. The van der Waals surface area contributed by atoms with E-state index in [1.54, 1.807) is 23.1 Å². The van der Waals surface area contributed by atoms with Gasteiger partial charge < -0.3 is 5.32 Å². The second-order valence-corrected chi connectivity index (χ2v) is 9.80. The van der Waals surface area contributed by atoms with Gasteiger partial charge in [0.25, 0.3) is 0 Å². The molecule has 0 aliphatic heterocycles. The van der Waals surface area contributed by atoms with E-state index < -0.39 is 0 Å². The van der Waals surface area contributed by atoms with Crippen LogP contribution in [-0.2, 0) is 10.5 Å². The van der Waals surface area contributed by atoms with Crippen LogP contribution in [0, 0.1) is 17.2 Å². The van der Waals surface area contributed by atoms with Crippen LogP contribution in [0.15, 0.2) is 48.5 Å². The summed E-state index contributed by atoms with van der Waals surface area (Å²) in [6, 6.07) is 18.2. The van der Waals surface area contributed by atoms with Crippen molar-refractivity contribution >= 4 is 39.2 Å². The Kier molecular flexibility index (Phi) is 7.03. The second kappa shape index (κ2) is 10.1. The summed E-state index contributed by atoms with van der Waals surface area (Å²) in [6.45, 7) is 0.654. The van der Waals surface area contributed by atoms with Crippen molar-refractivity contribution in [2.45, 2.75) is 37.4 Å². The summed E-state index contributed by atoms with van der Waals surface area (Å²) in [5, 5.41) is 13.4. The molecule has 2 aromatic carbocycles. The number of hydrogen-bond acceptors (Lipinski definition) is 5. The molecule has 30 heavy (non-hydrogen) atoms. The van der Waals surface area contributed by atoms with Gasteiger partial charge in [0.15, 0.2) is 0 Å². The van der Waals surface area contributed by atoms with E-state index in [1.807, 2.05) is 36.4 Å². The highest BCUT2D eigenvalue weighted by molar-refractivity contribution is 7.98. The molecule has 154 valence electrons. The van der Waals surface area contributed by atoms with Gasteiger partial charge in [-0.2, -0.15) is 17.0 Å². The number of hydrogen-bond donors (Lipinski definition) is 1. The minimum absolute atomic E-state index is 0.0172. The van der Waals surface area contributed by atoms with Crippen LogP contribution in [0.5, 0.6) is 0 Å². The standard InChI is InChI=1S/C24H25N3OS2/c25-15-17-7-1-2-8-18(17)16-29-14-13-26-23(28)19-9-3-4-10-20(19)24-27-21-11-5-6-12-22(21)30-24/h1-2,5-8,11-12,19-20H,3-4,9-10,13-14,16H2,(H,26,28). The normalized spacial score (nSPS) is 18.8. The SMILES string of the molecule is N#Cc1ccccc1CSCCNC(=O)C1CCCCC1c1nc2ccccc2s1. The van der Waals surface area contributed by atoms with E-state index in [-0.39, 0.29) is 17.7 Å². The van der Waals surface area contributed by atoms with Gasteiger partial charge in [-0.25, -0.2) is 4.98 Å². The molecule has 0 radical (unpaired) electrons. The highest BCUT2D eigenvalue weighted by Gasteiger charge is 2.33. The number of carbonyl (C=O) groups excluding carboxylic acids is 1. The first-order chi connectivity index (χ1) is 14.8. The smallest absolute Gasteiger partial charge is 0.223 e. The van der Waals surface area contributed by atoms with Gasteiger partial charge in [0.1, 0.15) is 0 Å². The molecular weight excluding hydrogens is 410 g/mol. The lowest BCUT2D eigenvalue weighted by atomic mass is 9.79.